The number of aromatic nitrogens is 2. The lowest BCUT2D eigenvalue weighted by atomic mass is 10.1. The first kappa shape index (κ1) is 14.7. The highest BCUT2D eigenvalue weighted by Gasteiger charge is 2.05. The fourth-order valence-corrected chi connectivity index (χ4v) is 1.87. The van der Waals surface area contributed by atoms with E-state index in [9.17, 15) is 4.79 Å². The Bertz CT molecular complexity index is 412. The quantitative estimate of drug-likeness (QED) is 0.810. The predicted octanol–water partition coefficient (Wildman–Crippen LogP) is 2.75. The van der Waals surface area contributed by atoms with Crippen LogP contribution in [0.2, 0.25) is 0 Å². The Labute approximate surface area is 109 Å². The predicted molar refractivity (Wildman–Crippen MR) is 75.9 cm³/mol. The van der Waals surface area contributed by atoms with Crippen LogP contribution in [0.3, 0.4) is 0 Å². The fraction of sp³-hybridized carbons (Fsp3) is 0.714. The average molecular weight is 251 g/mol. The highest BCUT2D eigenvalue weighted by atomic mass is 16.1. The van der Waals surface area contributed by atoms with Gasteiger partial charge in [-0.3, -0.25) is 4.79 Å². The molecular formula is C14H25N3O. The van der Waals surface area contributed by atoms with Crippen molar-refractivity contribution in [2.75, 3.05) is 11.9 Å². The van der Waals surface area contributed by atoms with E-state index in [1.807, 2.05) is 0 Å². The molecule has 0 amide bonds. The van der Waals surface area contributed by atoms with Crippen molar-refractivity contribution in [3.05, 3.63) is 22.6 Å². The molecule has 0 aliphatic carbocycles. The molecule has 18 heavy (non-hydrogen) atoms. The van der Waals surface area contributed by atoms with Crippen LogP contribution in [-0.4, -0.2) is 16.3 Å². The Balaban J connectivity index is 2.65. The van der Waals surface area contributed by atoms with Crippen LogP contribution < -0.4 is 10.9 Å². The van der Waals surface area contributed by atoms with E-state index < -0.39 is 0 Å². The van der Waals surface area contributed by atoms with Crippen LogP contribution in [0.4, 0.5) is 5.69 Å². The summed E-state index contributed by atoms with van der Waals surface area (Å²) in [7, 11) is 0. The van der Waals surface area contributed by atoms with Crippen molar-refractivity contribution >= 4 is 5.69 Å². The molecule has 0 radical (unpaired) electrons. The van der Waals surface area contributed by atoms with Crippen molar-refractivity contribution in [3.63, 3.8) is 0 Å². The third-order valence-electron chi connectivity index (χ3n) is 2.85. The normalized spacial score (nSPS) is 12.7. The first-order valence-corrected chi connectivity index (χ1v) is 6.84. The molecule has 4 heteroatoms. The largest absolute Gasteiger partial charge is 0.383 e. The van der Waals surface area contributed by atoms with E-state index in [1.165, 1.54) is 0 Å². The minimum Gasteiger partial charge on any atom is -0.383 e. The summed E-state index contributed by atoms with van der Waals surface area (Å²) in [6.07, 6.45) is 4.01. The Hall–Kier alpha value is -1.32. The minimum absolute atomic E-state index is 0.0216. The number of nitrogens with one attached hydrogen (secondary N) is 1. The van der Waals surface area contributed by atoms with E-state index in [0.717, 1.165) is 25.1 Å². The monoisotopic (exact) mass is 251 g/mol. The van der Waals surface area contributed by atoms with E-state index in [1.54, 1.807) is 16.9 Å². The highest BCUT2D eigenvalue weighted by molar-refractivity contribution is 5.38. The summed E-state index contributed by atoms with van der Waals surface area (Å²) < 4.78 is 1.56. The maximum Gasteiger partial charge on any atom is 0.268 e. The van der Waals surface area contributed by atoms with Crippen molar-refractivity contribution in [2.24, 2.45) is 11.8 Å². The van der Waals surface area contributed by atoms with Crippen LogP contribution in [0.15, 0.2) is 17.1 Å². The van der Waals surface area contributed by atoms with Crippen molar-refractivity contribution < 1.29 is 0 Å². The zero-order valence-electron chi connectivity index (χ0n) is 11.9. The zero-order chi connectivity index (χ0) is 13.5. The smallest absolute Gasteiger partial charge is 0.268 e. The molecule has 1 rings (SSSR count). The van der Waals surface area contributed by atoms with Gasteiger partial charge in [0.1, 0.15) is 0 Å². The van der Waals surface area contributed by atoms with Crippen LogP contribution in [-0.2, 0) is 6.54 Å². The molecule has 0 bridgehead atoms. The zero-order valence-corrected chi connectivity index (χ0v) is 11.9. The molecule has 0 fully saturated rings. The third-order valence-corrected chi connectivity index (χ3v) is 2.85. The first-order valence-electron chi connectivity index (χ1n) is 6.84. The Kier molecular flexibility index (Phi) is 5.89. The molecule has 1 N–H and O–H groups in total. The van der Waals surface area contributed by atoms with Gasteiger partial charge in [-0.1, -0.05) is 34.1 Å². The second kappa shape index (κ2) is 7.19. The number of anilines is 1. The van der Waals surface area contributed by atoms with Gasteiger partial charge in [0.25, 0.3) is 5.56 Å². The number of hydrogen-bond acceptors (Lipinski definition) is 3. The molecular weight excluding hydrogens is 226 g/mol. The molecule has 1 aromatic rings. The molecule has 0 saturated carbocycles. The summed E-state index contributed by atoms with van der Waals surface area (Å²) in [5.74, 6) is 1.05. The Morgan fingerprint density at radius 2 is 2.11 bits per heavy atom. The molecule has 0 aliphatic heterocycles. The van der Waals surface area contributed by atoms with Gasteiger partial charge < -0.3 is 5.32 Å². The Morgan fingerprint density at radius 1 is 1.39 bits per heavy atom. The standard InChI is InChI=1S/C14H25N3O/c1-5-6-12(4)10-17-14(18)7-13(9-16-17)15-8-11(2)3/h7,9,11-12,15H,5-6,8,10H2,1-4H3. The molecule has 1 heterocycles. The lowest BCUT2D eigenvalue weighted by Gasteiger charge is -2.12. The van der Waals surface area contributed by atoms with Gasteiger partial charge >= 0.3 is 0 Å². The van der Waals surface area contributed by atoms with Crippen molar-refractivity contribution in [2.45, 2.75) is 47.1 Å². The molecule has 0 aromatic carbocycles. The SMILES string of the molecule is CCCC(C)Cn1ncc(NCC(C)C)cc1=O. The minimum atomic E-state index is -0.0216. The lowest BCUT2D eigenvalue weighted by molar-refractivity contribution is 0.408. The van der Waals surface area contributed by atoms with Crippen LogP contribution in [0.5, 0.6) is 0 Å². The third kappa shape index (κ3) is 4.90. The van der Waals surface area contributed by atoms with Crippen LogP contribution in [0, 0.1) is 11.8 Å². The summed E-state index contributed by atoms with van der Waals surface area (Å²) in [6.45, 7) is 10.1. The average Bonchev–Trinajstić information content (AvgIpc) is 2.30. The second-order valence-corrected chi connectivity index (χ2v) is 5.43. The first-order chi connectivity index (χ1) is 8.52. The Morgan fingerprint density at radius 3 is 2.67 bits per heavy atom. The summed E-state index contributed by atoms with van der Waals surface area (Å²) in [6, 6.07) is 1.63. The van der Waals surface area contributed by atoms with Crippen LogP contribution in [0.1, 0.15) is 40.5 Å². The van der Waals surface area contributed by atoms with Gasteiger partial charge in [-0.15, -0.1) is 0 Å². The molecule has 0 spiro atoms. The van der Waals surface area contributed by atoms with Crippen molar-refractivity contribution in [1.29, 1.82) is 0 Å². The maximum atomic E-state index is 11.9. The van der Waals surface area contributed by atoms with Gasteiger partial charge in [-0.25, -0.2) is 4.68 Å². The van der Waals surface area contributed by atoms with Gasteiger partial charge in [0.05, 0.1) is 11.9 Å². The molecule has 1 atom stereocenters. The molecule has 102 valence electrons. The maximum absolute atomic E-state index is 11.9. The second-order valence-electron chi connectivity index (χ2n) is 5.43. The number of nitrogens with zero attached hydrogens (tertiary/aromatic N) is 2. The van der Waals surface area contributed by atoms with E-state index in [0.29, 0.717) is 18.4 Å². The molecule has 1 unspecified atom stereocenters. The van der Waals surface area contributed by atoms with Gasteiger partial charge in [0.15, 0.2) is 0 Å². The van der Waals surface area contributed by atoms with Crippen LogP contribution >= 0.6 is 0 Å². The van der Waals surface area contributed by atoms with Gasteiger partial charge in [0, 0.05) is 19.2 Å². The van der Waals surface area contributed by atoms with Crippen molar-refractivity contribution in [3.8, 4) is 0 Å². The summed E-state index contributed by atoms with van der Waals surface area (Å²) in [5, 5.41) is 7.43. The topological polar surface area (TPSA) is 46.9 Å². The number of hydrogen-bond donors (Lipinski definition) is 1. The molecule has 0 aliphatic rings. The lowest BCUT2D eigenvalue weighted by Crippen LogP contribution is -2.25. The highest BCUT2D eigenvalue weighted by Crippen LogP contribution is 2.07. The summed E-state index contributed by atoms with van der Waals surface area (Å²) >= 11 is 0. The van der Waals surface area contributed by atoms with Gasteiger partial charge in [0.2, 0.25) is 0 Å². The van der Waals surface area contributed by atoms with E-state index in [2.05, 4.69) is 38.1 Å². The van der Waals surface area contributed by atoms with E-state index in [4.69, 9.17) is 0 Å². The fourth-order valence-electron chi connectivity index (χ4n) is 1.87. The van der Waals surface area contributed by atoms with E-state index >= 15 is 0 Å². The molecule has 0 saturated heterocycles. The van der Waals surface area contributed by atoms with Crippen LogP contribution in [0.25, 0.3) is 0 Å². The van der Waals surface area contributed by atoms with E-state index in [-0.39, 0.29) is 5.56 Å². The van der Waals surface area contributed by atoms with Gasteiger partial charge in [-0.2, -0.15) is 5.10 Å². The van der Waals surface area contributed by atoms with Crippen molar-refractivity contribution in [1.82, 2.24) is 9.78 Å². The number of rotatable bonds is 7. The summed E-state index contributed by atoms with van der Waals surface area (Å²) in [4.78, 5) is 11.9. The molecule has 4 nitrogen and oxygen atoms in total. The summed E-state index contributed by atoms with van der Waals surface area (Å²) in [5.41, 5.74) is 0.791. The molecule has 1 aromatic heterocycles. The van der Waals surface area contributed by atoms with Gasteiger partial charge in [-0.05, 0) is 18.3 Å².